The van der Waals surface area contributed by atoms with Crippen LogP contribution >= 0.6 is 0 Å². The summed E-state index contributed by atoms with van der Waals surface area (Å²) in [5.74, 6) is 2.02. The number of pyridine rings is 1. The highest BCUT2D eigenvalue weighted by molar-refractivity contribution is 5.52. The zero-order valence-electron chi connectivity index (χ0n) is 17.4. The average molecular weight is 398 g/mol. The minimum Gasteiger partial charge on any atom is -0.378 e. The molecule has 0 radical (unpaired) electrons. The summed E-state index contributed by atoms with van der Waals surface area (Å²) < 4.78 is 5.46. The molecule has 2 fully saturated rings. The summed E-state index contributed by atoms with van der Waals surface area (Å²) >= 11 is 0. The largest absolute Gasteiger partial charge is 0.378 e. The fourth-order valence-electron chi connectivity index (χ4n) is 4.07. The van der Waals surface area contributed by atoms with E-state index in [1.807, 2.05) is 12.4 Å². The third-order valence-corrected chi connectivity index (χ3v) is 5.66. The second-order valence-corrected chi connectivity index (χ2v) is 7.90. The molecule has 4 rings (SSSR count). The van der Waals surface area contributed by atoms with Crippen LogP contribution in [0.15, 0.2) is 30.9 Å². The van der Waals surface area contributed by atoms with E-state index in [1.165, 1.54) is 17.7 Å². The first-order valence-electron chi connectivity index (χ1n) is 10.4. The number of ether oxygens (including phenoxy) is 1. The van der Waals surface area contributed by atoms with Crippen molar-refractivity contribution in [2.75, 3.05) is 68.2 Å². The van der Waals surface area contributed by atoms with Gasteiger partial charge in [0.25, 0.3) is 0 Å². The van der Waals surface area contributed by atoms with E-state index in [4.69, 9.17) is 4.74 Å². The Morgan fingerprint density at radius 3 is 2.72 bits per heavy atom. The van der Waals surface area contributed by atoms with E-state index in [0.717, 1.165) is 64.0 Å². The Morgan fingerprint density at radius 1 is 1.14 bits per heavy atom. The Labute approximate surface area is 172 Å². The number of hydrogen-bond acceptors (Lipinski definition) is 8. The van der Waals surface area contributed by atoms with E-state index >= 15 is 0 Å². The molecule has 2 aliphatic rings. The minimum atomic E-state index is 0.431. The Hall–Kier alpha value is -2.45. The molecule has 2 aromatic rings. The summed E-state index contributed by atoms with van der Waals surface area (Å²) in [5.41, 5.74) is 2.44. The van der Waals surface area contributed by atoms with Crippen molar-refractivity contribution in [2.24, 2.45) is 0 Å². The lowest BCUT2D eigenvalue weighted by Crippen LogP contribution is -2.46. The highest BCUT2D eigenvalue weighted by Gasteiger charge is 2.22. The monoisotopic (exact) mass is 397 g/mol. The van der Waals surface area contributed by atoms with Gasteiger partial charge < -0.3 is 24.8 Å². The van der Waals surface area contributed by atoms with Crippen molar-refractivity contribution in [1.82, 2.24) is 20.3 Å². The molecule has 0 amide bonds. The molecule has 156 valence electrons. The first kappa shape index (κ1) is 19.8. The Morgan fingerprint density at radius 2 is 1.93 bits per heavy atom. The molecule has 2 aromatic heterocycles. The van der Waals surface area contributed by atoms with Crippen LogP contribution in [0.5, 0.6) is 0 Å². The lowest BCUT2D eigenvalue weighted by Gasteiger charge is -2.35. The van der Waals surface area contributed by atoms with E-state index in [2.05, 4.69) is 61.2 Å². The van der Waals surface area contributed by atoms with Gasteiger partial charge in [-0.2, -0.15) is 0 Å². The normalized spacial score (nSPS) is 20.0. The molecular weight excluding hydrogens is 366 g/mol. The molecule has 0 spiro atoms. The van der Waals surface area contributed by atoms with Gasteiger partial charge in [0, 0.05) is 82.6 Å². The van der Waals surface area contributed by atoms with Gasteiger partial charge in [0.05, 0.1) is 13.2 Å². The Bertz CT molecular complexity index is 794. The maximum absolute atomic E-state index is 5.46. The van der Waals surface area contributed by atoms with Gasteiger partial charge in [0.15, 0.2) is 0 Å². The van der Waals surface area contributed by atoms with Crippen molar-refractivity contribution in [3.8, 4) is 0 Å². The van der Waals surface area contributed by atoms with Gasteiger partial charge in [-0.3, -0.25) is 4.98 Å². The number of piperidine rings is 1. The predicted molar refractivity (Wildman–Crippen MR) is 116 cm³/mol. The van der Waals surface area contributed by atoms with Crippen LogP contribution in [0, 0.1) is 0 Å². The van der Waals surface area contributed by atoms with Gasteiger partial charge in [0.1, 0.15) is 18.0 Å². The second kappa shape index (κ2) is 9.37. The van der Waals surface area contributed by atoms with Gasteiger partial charge in [-0.25, -0.2) is 9.97 Å². The number of aromatic nitrogens is 3. The molecule has 2 saturated heterocycles. The Balaban J connectivity index is 1.39. The molecule has 8 nitrogen and oxygen atoms in total. The molecule has 0 aromatic carbocycles. The maximum atomic E-state index is 5.46. The van der Waals surface area contributed by atoms with Crippen molar-refractivity contribution >= 4 is 17.3 Å². The molecule has 1 unspecified atom stereocenters. The standard InChI is InChI=1S/C21H31N7O/c1-26(2)19-5-6-22-13-17(19)14-23-18-4-3-7-28(15-18)21-12-20(24-16-25-21)27-8-10-29-11-9-27/h5-6,12-13,16,18,23H,3-4,7-11,14-15H2,1-2H3. The van der Waals surface area contributed by atoms with Crippen molar-refractivity contribution in [2.45, 2.75) is 25.4 Å². The number of nitrogens with zero attached hydrogens (tertiary/aromatic N) is 6. The molecule has 0 aliphatic carbocycles. The zero-order valence-corrected chi connectivity index (χ0v) is 17.4. The zero-order chi connectivity index (χ0) is 20.1. The molecule has 0 saturated carbocycles. The number of anilines is 3. The summed E-state index contributed by atoms with van der Waals surface area (Å²) in [4.78, 5) is 20.1. The van der Waals surface area contributed by atoms with Gasteiger partial charge in [0.2, 0.25) is 0 Å². The van der Waals surface area contributed by atoms with Crippen LogP contribution in [0.4, 0.5) is 17.3 Å². The topological polar surface area (TPSA) is 69.7 Å². The predicted octanol–water partition coefficient (Wildman–Crippen LogP) is 1.53. The smallest absolute Gasteiger partial charge is 0.134 e. The van der Waals surface area contributed by atoms with E-state index in [1.54, 1.807) is 6.33 Å². The first-order valence-corrected chi connectivity index (χ1v) is 10.4. The summed E-state index contributed by atoms with van der Waals surface area (Å²) in [7, 11) is 4.14. The molecular formula is C21H31N7O. The van der Waals surface area contributed by atoms with Crippen molar-refractivity contribution in [3.63, 3.8) is 0 Å². The molecule has 29 heavy (non-hydrogen) atoms. The van der Waals surface area contributed by atoms with E-state index in [9.17, 15) is 0 Å². The lowest BCUT2D eigenvalue weighted by molar-refractivity contribution is 0.122. The average Bonchev–Trinajstić information content (AvgIpc) is 2.79. The number of rotatable bonds is 6. The van der Waals surface area contributed by atoms with Gasteiger partial charge in [-0.15, -0.1) is 0 Å². The quantitative estimate of drug-likeness (QED) is 0.787. The highest BCUT2D eigenvalue weighted by Crippen LogP contribution is 2.23. The summed E-state index contributed by atoms with van der Waals surface area (Å²) in [6, 6.07) is 4.62. The van der Waals surface area contributed by atoms with E-state index < -0.39 is 0 Å². The van der Waals surface area contributed by atoms with Crippen LogP contribution in [-0.2, 0) is 11.3 Å². The van der Waals surface area contributed by atoms with Gasteiger partial charge >= 0.3 is 0 Å². The summed E-state index contributed by atoms with van der Waals surface area (Å²) in [6.45, 7) is 6.12. The summed E-state index contributed by atoms with van der Waals surface area (Å²) in [6.07, 6.45) is 7.83. The number of hydrogen-bond donors (Lipinski definition) is 1. The number of nitrogens with one attached hydrogen (secondary N) is 1. The van der Waals surface area contributed by atoms with Crippen LogP contribution in [-0.4, -0.2) is 74.5 Å². The fraction of sp³-hybridized carbons (Fsp3) is 0.571. The Kier molecular flexibility index (Phi) is 6.41. The molecule has 8 heteroatoms. The van der Waals surface area contributed by atoms with Crippen molar-refractivity contribution in [3.05, 3.63) is 36.4 Å². The van der Waals surface area contributed by atoms with Crippen LogP contribution in [0.3, 0.4) is 0 Å². The van der Waals surface area contributed by atoms with E-state index in [0.29, 0.717) is 6.04 Å². The molecule has 4 heterocycles. The van der Waals surface area contributed by atoms with Crippen molar-refractivity contribution in [1.29, 1.82) is 0 Å². The highest BCUT2D eigenvalue weighted by atomic mass is 16.5. The van der Waals surface area contributed by atoms with Crippen LogP contribution in [0.2, 0.25) is 0 Å². The maximum Gasteiger partial charge on any atom is 0.134 e. The van der Waals surface area contributed by atoms with Crippen LogP contribution < -0.4 is 20.0 Å². The summed E-state index contributed by atoms with van der Waals surface area (Å²) in [5, 5.41) is 3.73. The van der Waals surface area contributed by atoms with Crippen LogP contribution in [0.25, 0.3) is 0 Å². The second-order valence-electron chi connectivity index (χ2n) is 7.90. The van der Waals surface area contributed by atoms with Gasteiger partial charge in [-0.1, -0.05) is 0 Å². The molecule has 0 bridgehead atoms. The molecule has 1 atom stereocenters. The van der Waals surface area contributed by atoms with Crippen molar-refractivity contribution < 1.29 is 4.74 Å². The van der Waals surface area contributed by atoms with E-state index in [-0.39, 0.29) is 0 Å². The van der Waals surface area contributed by atoms with Crippen LogP contribution in [0.1, 0.15) is 18.4 Å². The molecule has 1 N–H and O–H groups in total. The molecule has 2 aliphatic heterocycles. The van der Waals surface area contributed by atoms with Gasteiger partial charge in [-0.05, 0) is 18.9 Å². The minimum absolute atomic E-state index is 0.431. The fourth-order valence-corrected chi connectivity index (χ4v) is 4.07. The number of morpholine rings is 1. The SMILES string of the molecule is CN(C)c1ccncc1CNC1CCCN(c2cc(N3CCOCC3)ncn2)C1. The third-order valence-electron chi connectivity index (χ3n) is 5.66. The first-order chi connectivity index (χ1) is 14.2. The lowest BCUT2D eigenvalue weighted by atomic mass is 10.1. The third kappa shape index (κ3) is 4.94.